The SMILES string of the molecule is O=C(O)CCN(Cc1ccc(F)cc1)C1CCCC1. The highest BCUT2D eigenvalue weighted by atomic mass is 19.1. The monoisotopic (exact) mass is 265 g/mol. The molecular formula is C15H20FNO2. The second-order valence-electron chi connectivity index (χ2n) is 5.18. The topological polar surface area (TPSA) is 40.5 Å². The molecule has 3 nitrogen and oxygen atoms in total. The van der Waals surface area contributed by atoms with Gasteiger partial charge in [0.05, 0.1) is 6.42 Å². The quantitative estimate of drug-likeness (QED) is 0.859. The summed E-state index contributed by atoms with van der Waals surface area (Å²) in [7, 11) is 0. The van der Waals surface area contributed by atoms with Crippen molar-refractivity contribution in [2.24, 2.45) is 0 Å². The largest absolute Gasteiger partial charge is 0.481 e. The van der Waals surface area contributed by atoms with E-state index in [4.69, 9.17) is 5.11 Å². The van der Waals surface area contributed by atoms with E-state index >= 15 is 0 Å². The van der Waals surface area contributed by atoms with Gasteiger partial charge in [0.1, 0.15) is 5.82 Å². The van der Waals surface area contributed by atoms with Crippen molar-refractivity contribution in [2.45, 2.75) is 44.7 Å². The number of carboxylic acids is 1. The lowest BCUT2D eigenvalue weighted by Gasteiger charge is -2.28. The molecule has 4 heteroatoms. The van der Waals surface area contributed by atoms with Crippen LogP contribution in [0.3, 0.4) is 0 Å². The first-order chi connectivity index (χ1) is 9.15. The van der Waals surface area contributed by atoms with Crippen LogP contribution in [-0.2, 0) is 11.3 Å². The Labute approximate surface area is 113 Å². The van der Waals surface area contributed by atoms with Gasteiger partial charge in [-0.15, -0.1) is 0 Å². The number of hydrogen-bond acceptors (Lipinski definition) is 2. The second kappa shape index (κ2) is 6.66. The predicted molar refractivity (Wildman–Crippen MR) is 71.3 cm³/mol. The third-order valence-electron chi connectivity index (χ3n) is 3.75. The summed E-state index contributed by atoms with van der Waals surface area (Å²) in [4.78, 5) is 13.0. The van der Waals surface area contributed by atoms with Crippen LogP contribution in [0.15, 0.2) is 24.3 Å². The number of halogens is 1. The molecule has 1 aliphatic carbocycles. The summed E-state index contributed by atoms with van der Waals surface area (Å²) in [6.07, 6.45) is 4.88. The van der Waals surface area contributed by atoms with Gasteiger partial charge in [0, 0.05) is 19.1 Å². The summed E-state index contributed by atoms with van der Waals surface area (Å²) in [5.41, 5.74) is 1.04. The second-order valence-corrected chi connectivity index (χ2v) is 5.18. The van der Waals surface area contributed by atoms with E-state index in [1.807, 2.05) is 0 Å². The Balaban J connectivity index is 1.99. The third-order valence-corrected chi connectivity index (χ3v) is 3.75. The Hall–Kier alpha value is -1.42. The van der Waals surface area contributed by atoms with Crippen molar-refractivity contribution in [3.05, 3.63) is 35.6 Å². The molecule has 1 saturated carbocycles. The normalized spacial score (nSPS) is 16.1. The van der Waals surface area contributed by atoms with Crippen molar-refractivity contribution in [3.8, 4) is 0 Å². The van der Waals surface area contributed by atoms with Gasteiger partial charge < -0.3 is 5.11 Å². The minimum Gasteiger partial charge on any atom is -0.481 e. The summed E-state index contributed by atoms with van der Waals surface area (Å²) in [5, 5.41) is 8.83. The summed E-state index contributed by atoms with van der Waals surface area (Å²) in [6, 6.07) is 6.94. The van der Waals surface area contributed by atoms with E-state index in [9.17, 15) is 9.18 Å². The van der Waals surface area contributed by atoms with Gasteiger partial charge in [0.2, 0.25) is 0 Å². The summed E-state index contributed by atoms with van der Waals surface area (Å²) >= 11 is 0. The molecule has 19 heavy (non-hydrogen) atoms. The number of benzene rings is 1. The van der Waals surface area contributed by atoms with E-state index in [0.29, 0.717) is 19.1 Å². The zero-order chi connectivity index (χ0) is 13.7. The van der Waals surface area contributed by atoms with Gasteiger partial charge in [-0.05, 0) is 30.5 Å². The molecule has 1 aliphatic rings. The van der Waals surface area contributed by atoms with E-state index in [0.717, 1.165) is 18.4 Å². The summed E-state index contributed by atoms with van der Waals surface area (Å²) in [6.45, 7) is 1.27. The molecule has 0 saturated heterocycles. The first kappa shape index (κ1) is 14.0. The maximum absolute atomic E-state index is 12.9. The lowest BCUT2D eigenvalue weighted by atomic mass is 10.1. The lowest BCUT2D eigenvalue weighted by molar-refractivity contribution is -0.137. The van der Waals surface area contributed by atoms with Crippen molar-refractivity contribution >= 4 is 5.97 Å². The van der Waals surface area contributed by atoms with Crippen LogP contribution in [0.2, 0.25) is 0 Å². The highest BCUT2D eigenvalue weighted by Gasteiger charge is 2.22. The fourth-order valence-corrected chi connectivity index (χ4v) is 2.72. The zero-order valence-electron chi connectivity index (χ0n) is 11.0. The van der Waals surface area contributed by atoms with Crippen LogP contribution in [0.1, 0.15) is 37.7 Å². The molecule has 0 radical (unpaired) electrons. The molecule has 1 aromatic rings. The van der Waals surface area contributed by atoms with E-state index in [1.54, 1.807) is 12.1 Å². The van der Waals surface area contributed by atoms with E-state index in [-0.39, 0.29) is 12.2 Å². The average Bonchev–Trinajstić information content (AvgIpc) is 2.90. The highest BCUT2D eigenvalue weighted by molar-refractivity contribution is 5.66. The molecule has 2 rings (SSSR count). The lowest BCUT2D eigenvalue weighted by Crippen LogP contribution is -2.34. The third kappa shape index (κ3) is 4.31. The van der Waals surface area contributed by atoms with Crippen LogP contribution in [-0.4, -0.2) is 28.6 Å². The molecule has 1 fully saturated rings. The van der Waals surface area contributed by atoms with Gasteiger partial charge in [-0.25, -0.2) is 4.39 Å². The number of rotatable bonds is 6. The predicted octanol–water partition coefficient (Wildman–Crippen LogP) is 3.05. The molecule has 0 heterocycles. The van der Waals surface area contributed by atoms with Crippen LogP contribution in [0.25, 0.3) is 0 Å². The van der Waals surface area contributed by atoms with Crippen molar-refractivity contribution in [3.63, 3.8) is 0 Å². The van der Waals surface area contributed by atoms with E-state index < -0.39 is 5.97 Å². The van der Waals surface area contributed by atoms with Crippen molar-refractivity contribution in [2.75, 3.05) is 6.54 Å². The average molecular weight is 265 g/mol. The van der Waals surface area contributed by atoms with Gasteiger partial charge in [0.15, 0.2) is 0 Å². The van der Waals surface area contributed by atoms with Gasteiger partial charge in [-0.3, -0.25) is 9.69 Å². The smallest absolute Gasteiger partial charge is 0.304 e. The number of aliphatic carboxylic acids is 1. The molecule has 1 N–H and O–H groups in total. The summed E-state index contributed by atoms with van der Waals surface area (Å²) in [5.74, 6) is -0.996. The van der Waals surface area contributed by atoms with Crippen molar-refractivity contribution < 1.29 is 14.3 Å². The Kier molecular flexibility index (Phi) is 4.91. The minimum absolute atomic E-state index is 0.164. The maximum atomic E-state index is 12.9. The molecule has 0 aliphatic heterocycles. The molecular weight excluding hydrogens is 245 g/mol. The Morgan fingerprint density at radius 3 is 2.47 bits per heavy atom. The summed E-state index contributed by atoms with van der Waals surface area (Å²) < 4.78 is 12.9. The molecule has 0 unspecified atom stereocenters. The number of nitrogens with zero attached hydrogens (tertiary/aromatic N) is 1. The van der Waals surface area contributed by atoms with Crippen LogP contribution in [0.5, 0.6) is 0 Å². The number of carboxylic acid groups (broad SMARTS) is 1. The van der Waals surface area contributed by atoms with Crippen LogP contribution in [0.4, 0.5) is 4.39 Å². The molecule has 0 amide bonds. The fraction of sp³-hybridized carbons (Fsp3) is 0.533. The number of hydrogen-bond donors (Lipinski definition) is 1. The highest BCUT2D eigenvalue weighted by Crippen LogP contribution is 2.25. The molecule has 0 bridgehead atoms. The number of carbonyl (C=O) groups is 1. The van der Waals surface area contributed by atoms with Crippen molar-refractivity contribution in [1.29, 1.82) is 0 Å². The minimum atomic E-state index is -0.762. The van der Waals surface area contributed by atoms with Crippen molar-refractivity contribution in [1.82, 2.24) is 4.90 Å². The Morgan fingerprint density at radius 2 is 1.89 bits per heavy atom. The Bertz CT molecular complexity index is 413. The van der Waals surface area contributed by atoms with Gasteiger partial charge in [-0.2, -0.15) is 0 Å². The van der Waals surface area contributed by atoms with Crippen LogP contribution >= 0.6 is 0 Å². The van der Waals surface area contributed by atoms with Gasteiger partial charge in [0.25, 0.3) is 0 Å². The molecule has 104 valence electrons. The van der Waals surface area contributed by atoms with Crippen LogP contribution < -0.4 is 0 Å². The van der Waals surface area contributed by atoms with Crippen LogP contribution in [0, 0.1) is 5.82 Å². The van der Waals surface area contributed by atoms with Gasteiger partial charge in [-0.1, -0.05) is 25.0 Å². The molecule has 0 aromatic heterocycles. The van der Waals surface area contributed by atoms with E-state index in [1.165, 1.54) is 25.0 Å². The van der Waals surface area contributed by atoms with E-state index in [2.05, 4.69) is 4.90 Å². The first-order valence-corrected chi connectivity index (χ1v) is 6.85. The zero-order valence-corrected chi connectivity index (χ0v) is 11.0. The maximum Gasteiger partial charge on any atom is 0.304 e. The first-order valence-electron chi connectivity index (χ1n) is 6.85. The Morgan fingerprint density at radius 1 is 1.26 bits per heavy atom. The van der Waals surface area contributed by atoms with Gasteiger partial charge >= 0.3 is 5.97 Å². The molecule has 1 aromatic carbocycles. The fourth-order valence-electron chi connectivity index (χ4n) is 2.72. The molecule has 0 atom stereocenters. The standard InChI is InChI=1S/C15H20FNO2/c16-13-7-5-12(6-8-13)11-17(10-9-15(18)19)14-3-1-2-4-14/h5-8,14H,1-4,9-11H2,(H,18,19). The molecule has 0 spiro atoms.